The van der Waals surface area contributed by atoms with Crippen LogP contribution in [0.2, 0.25) is 0 Å². The zero-order valence-electron chi connectivity index (χ0n) is 10.4. The van der Waals surface area contributed by atoms with Crippen molar-refractivity contribution in [3.05, 3.63) is 39.8 Å². The predicted molar refractivity (Wildman–Crippen MR) is 64.2 cm³/mol. The van der Waals surface area contributed by atoms with Crippen molar-refractivity contribution in [2.24, 2.45) is 7.05 Å². The smallest absolute Gasteiger partial charge is 0.343 e. The van der Waals surface area contributed by atoms with Gasteiger partial charge in [-0.05, 0) is 4.92 Å². The standard InChI is InChI=1S/C10H12N6O3/c1-14(5-7-4-11-15(2)6-7)10(17)8-3-9(13-12-8)16(18)19/h3-4,6H,5H2,1-2H3,(H,12,13). The number of rotatable bonds is 4. The summed E-state index contributed by atoms with van der Waals surface area (Å²) in [6, 6.07) is 1.11. The van der Waals surface area contributed by atoms with Gasteiger partial charge in [-0.2, -0.15) is 5.10 Å². The molecule has 9 heteroatoms. The lowest BCUT2D eigenvalue weighted by Crippen LogP contribution is -2.26. The minimum absolute atomic E-state index is 0.0121. The fraction of sp³-hybridized carbons (Fsp3) is 0.300. The lowest BCUT2D eigenvalue weighted by atomic mass is 10.3. The highest BCUT2D eigenvalue weighted by molar-refractivity contribution is 5.92. The van der Waals surface area contributed by atoms with E-state index in [0.717, 1.165) is 11.6 Å². The van der Waals surface area contributed by atoms with E-state index >= 15 is 0 Å². The summed E-state index contributed by atoms with van der Waals surface area (Å²) in [6.07, 6.45) is 3.44. The summed E-state index contributed by atoms with van der Waals surface area (Å²) in [5, 5.41) is 20.3. The van der Waals surface area contributed by atoms with Gasteiger partial charge in [0.05, 0.1) is 12.3 Å². The minimum Gasteiger partial charge on any atom is -0.358 e. The average Bonchev–Trinajstić information content (AvgIpc) is 2.97. The summed E-state index contributed by atoms with van der Waals surface area (Å²) in [5.41, 5.74) is 0.876. The van der Waals surface area contributed by atoms with Gasteiger partial charge in [0.15, 0.2) is 5.69 Å². The first-order valence-corrected chi connectivity index (χ1v) is 5.40. The van der Waals surface area contributed by atoms with Gasteiger partial charge >= 0.3 is 5.82 Å². The number of hydrogen-bond acceptors (Lipinski definition) is 5. The van der Waals surface area contributed by atoms with Gasteiger partial charge in [0.1, 0.15) is 0 Å². The number of nitrogens with one attached hydrogen (secondary N) is 1. The fourth-order valence-electron chi connectivity index (χ4n) is 1.61. The maximum atomic E-state index is 12.0. The summed E-state index contributed by atoms with van der Waals surface area (Å²) < 4.78 is 1.63. The SMILES string of the molecule is CN(Cc1cnn(C)c1)C(=O)c1cc([N+](=O)[O-])[nH]n1. The molecule has 100 valence electrons. The first-order chi connectivity index (χ1) is 8.97. The highest BCUT2D eigenvalue weighted by Crippen LogP contribution is 2.11. The Bertz CT molecular complexity index is 616. The molecule has 2 aromatic heterocycles. The third-order valence-electron chi connectivity index (χ3n) is 2.50. The summed E-state index contributed by atoms with van der Waals surface area (Å²) in [4.78, 5) is 23.3. The first kappa shape index (κ1) is 12.7. The number of nitrogens with zero attached hydrogens (tertiary/aromatic N) is 5. The van der Waals surface area contributed by atoms with Crippen molar-refractivity contribution in [2.45, 2.75) is 6.54 Å². The maximum absolute atomic E-state index is 12.0. The van der Waals surface area contributed by atoms with Crippen LogP contribution in [0.25, 0.3) is 0 Å². The monoisotopic (exact) mass is 264 g/mol. The molecule has 0 saturated heterocycles. The molecule has 0 radical (unpaired) electrons. The van der Waals surface area contributed by atoms with Crippen molar-refractivity contribution in [1.82, 2.24) is 24.9 Å². The lowest BCUT2D eigenvalue weighted by molar-refractivity contribution is -0.389. The average molecular weight is 264 g/mol. The second-order valence-corrected chi connectivity index (χ2v) is 4.08. The molecule has 2 heterocycles. The van der Waals surface area contributed by atoms with E-state index in [9.17, 15) is 14.9 Å². The summed E-state index contributed by atoms with van der Waals surface area (Å²) >= 11 is 0. The maximum Gasteiger partial charge on any atom is 0.343 e. The van der Waals surface area contributed by atoms with Crippen LogP contribution in [0.3, 0.4) is 0 Å². The van der Waals surface area contributed by atoms with Gasteiger partial charge in [-0.1, -0.05) is 5.10 Å². The van der Waals surface area contributed by atoms with Crippen molar-refractivity contribution in [2.75, 3.05) is 7.05 Å². The van der Waals surface area contributed by atoms with E-state index in [1.165, 1.54) is 4.90 Å². The molecular formula is C10H12N6O3. The Balaban J connectivity index is 2.07. The van der Waals surface area contributed by atoms with Crippen LogP contribution in [0, 0.1) is 10.1 Å². The number of H-pyrrole nitrogens is 1. The molecule has 1 amide bonds. The van der Waals surface area contributed by atoms with Gasteiger partial charge in [0, 0.05) is 32.4 Å². The van der Waals surface area contributed by atoms with Crippen LogP contribution < -0.4 is 0 Å². The second kappa shape index (κ2) is 4.88. The van der Waals surface area contributed by atoms with Crippen LogP contribution in [-0.2, 0) is 13.6 Å². The number of nitro groups is 1. The minimum atomic E-state index is -0.634. The molecule has 2 rings (SSSR count). The van der Waals surface area contributed by atoms with E-state index in [0.29, 0.717) is 6.54 Å². The number of aryl methyl sites for hydroxylation is 1. The fourth-order valence-corrected chi connectivity index (χ4v) is 1.61. The Morgan fingerprint density at radius 3 is 2.89 bits per heavy atom. The number of carbonyl (C=O) groups excluding carboxylic acids is 1. The predicted octanol–water partition coefficient (Wildman–Crippen LogP) is 0.324. The molecule has 0 saturated carbocycles. The summed E-state index contributed by atoms with van der Waals surface area (Å²) in [7, 11) is 3.37. The van der Waals surface area contributed by atoms with Gasteiger partial charge in [0.2, 0.25) is 0 Å². The van der Waals surface area contributed by atoms with Crippen molar-refractivity contribution >= 4 is 11.7 Å². The molecule has 0 bridgehead atoms. The number of carbonyl (C=O) groups is 1. The summed E-state index contributed by atoms with van der Waals surface area (Å²) in [5.74, 6) is -0.702. The molecule has 0 unspecified atom stereocenters. The molecule has 0 aliphatic carbocycles. The third-order valence-corrected chi connectivity index (χ3v) is 2.50. The van der Waals surface area contributed by atoms with Crippen molar-refractivity contribution in [3.63, 3.8) is 0 Å². The van der Waals surface area contributed by atoms with E-state index in [1.807, 2.05) is 0 Å². The van der Waals surface area contributed by atoms with E-state index < -0.39 is 10.8 Å². The number of aromatic nitrogens is 4. The summed E-state index contributed by atoms with van der Waals surface area (Å²) in [6.45, 7) is 0.354. The normalized spacial score (nSPS) is 10.4. The van der Waals surface area contributed by atoms with Crippen molar-refractivity contribution in [1.29, 1.82) is 0 Å². The highest BCUT2D eigenvalue weighted by Gasteiger charge is 2.20. The van der Waals surface area contributed by atoms with Crippen LogP contribution >= 0.6 is 0 Å². The number of hydrogen-bond donors (Lipinski definition) is 1. The van der Waals surface area contributed by atoms with Gasteiger partial charge in [-0.15, -0.1) is 5.10 Å². The van der Waals surface area contributed by atoms with Crippen LogP contribution in [-0.4, -0.2) is 42.8 Å². The Labute approximate surface area is 108 Å². The van der Waals surface area contributed by atoms with E-state index in [4.69, 9.17) is 0 Å². The molecule has 0 aliphatic heterocycles. The van der Waals surface area contributed by atoms with Gasteiger partial charge in [-0.25, -0.2) is 0 Å². The lowest BCUT2D eigenvalue weighted by Gasteiger charge is -2.13. The third kappa shape index (κ3) is 2.76. The van der Waals surface area contributed by atoms with Crippen LogP contribution in [0.15, 0.2) is 18.5 Å². The number of aromatic amines is 1. The van der Waals surface area contributed by atoms with E-state index in [2.05, 4.69) is 15.3 Å². The quantitative estimate of drug-likeness (QED) is 0.631. The highest BCUT2D eigenvalue weighted by atomic mass is 16.6. The first-order valence-electron chi connectivity index (χ1n) is 5.40. The van der Waals surface area contributed by atoms with Crippen molar-refractivity contribution < 1.29 is 9.72 Å². The number of amides is 1. The molecule has 0 aliphatic rings. The van der Waals surface area contributed by atoms with Gasteiger partial charge in [-0.3, -0.25) is 9.48 Å². The van der Waals surface area contributed by atoms with Crippen LogP contribution in [0.5, 0.6) is 0 Å². The Morgan fingerprint density at radius 2 is 2.37 bits per heavy atom. The van der Waals surface area contributed by atoms with Crippen LogP contribution in [0.1, 0.15) is 16.1 Å². The molecule has 2 aromatic rings. The zero-order chi connectivity index (χ0) is 14.0. The largest absolute Gasteiger partial charge is 0.358 e. The van der Waals surface area contributed by atoms with E-state index in [-0.39, 0.29) is 11.5 Å². The molecule has 0 atom stereocenters. The Morgan fingerprint density at radius 1 is 1.63 bits per heavy atom. The zero-order valence-corrected chi connectivity index (χ0v) is 10.4. The molecular weight excluding hydrogens is 252 g/mol. The molecule has 0 spiro atoms. The van der Waals surface area contributed by atoms with Gasteiger partial charge < -0.3 is 15.0 Å². The van der Waals surface area contributed by atoms with E-state index in [1.54, 1.807) is 31.2 Å². The molecule has 0 aromatic carbocycles. The van der Waals surface area contributed by atoms with Gasteiger partial charge in [0.25, 0.3) is 5.91 Å². The molecule has 19 heavy (non-hydrogen) atoms. The second-order valence-electron chi connectivity index (χ2n) is 4.08. The molecule has 9 nitrogen and oxygen atoms in total. The molecule has 1 N–H and O–H groups in total. The molecule has 0 fully saturated rings. The Kier molecular flexibility index (Phi) is 3.27. The Hall–Kier alpha value is -2.71. The van der Waals surface area contributed by atoms with Crippen LogP contribution in [0.4, 0.5) is 5.82 Å². The van der Waals surface area contributed by atoms with Crippen molar-refractivity contribution in [3.8, 4) is 0 Å². The topological polar surface area (TPSA) is 110 Å².